The van der Waals surface area contributed by atoms with Gasteiger partial charge in [-0.2, -0.15) is 0 Å². The van der Waals surface area contributed by atoms with E-state index in [1.165, 1.54) is 25.7 Å². The van der Waals surface area contributed by atoms with Crippen molar-refractivity contribution in [3.05, 3.63) is 71.8 Å². The molecule has 2 saturated carbocycles. The number of hydrogen-bond donors (Lipinski definition) is 2. The summed E-state index contributed by atoms with van der Waals surface area (Å²) < 4.78 is 0. The second-order valence-corrected chi connectivity index (χ2v) is 8.06. The third kappa shape index (κ3) is 3.79. The van der Waals surface area contributed by atoms with Gasteiger partial charge in [0.1, 0.15) is 5.54 Å². The zero-order valence-electron chi connectivity index (χ0n) is 16.0. The highest BCUT2D eigenvalue weighted by Crippen LogP contribution is 2.34. The molecule has 0 unspecified atom stereocenters. The van der Waals surface area contributed by atoms with Gasteiger partial charge in [0, 0.05) is 12.1 Å². The third-order valence-electron chi connectivity index (χ3n) is 6.22. The quantitative estimate of drug-likeness (QED) is 0.793. The zero-order chi connectivity index (χ0) is 18.5. The fraction of sp³-hybridized carbons (Fsp3) is 0.458. The molecule has 0 heterocycles. The molecule has 0 radical (unpaired) electrons. The minimum absolute atomic E-state index is 0.0960. The van der Waals surface area contributed by atoms with Gasteiger partial charge in [0.15, 0.2) is 0 Å². The van der Waals surface area contributed by atoms with Crippen LogP contribution in [0.1, 0.15) is 62.5 Å². The van der Waals surface area contributed by atoms with Crippen molar-refractivity contribution in [2.45, 2.75) is 69.0 Å². The highest BCUT2D eigenvalue weighted by atomic mass is 16.2. The van der Waals surface area contributed by atoms with Crippen LogP contribution in [0.5, 0.6) is 0 Å². The Hall–Kier alpha value is -2.13. The Labute approximate surface area is 162 Å². The van der Waals surface area contributed by atoms with E-state index < -0.39 is 5.54 Å². The van der Waals surface area contributed by atoms with Crippen LogP contribution in [-0.2, 0) is 10.3 Å². The van der Waals surface area contributed by atoms with E-state index in [0.29, 0.717) is 12.1 Å². The van der Waals surface area contributed by atoms with Crippen LogP contribution in [0, 0.1) is 0 Å². The van der Waals surface area contributed by atoms with E-state index in [1.54, 1.807) is 0 Å². The van der Waals surface area contributed by atoms with E-state index >= 15 is 0 Å². The molecule has 2 fully saturated rings. The van der Waals surface area contributed by atoms with Gasteiger partial charge in [-0.15, -0.1) is 0 Å². The summed E-state index contributed by atoms with van der Waals surface area (Å²) in [5.41, 5.74) is 1.22. The molecule has 3 heteroatoms. The van der Waals surface area contributed by atoms with Crippen LogP contribution in [-0.4, -0.2) is 18.0 Å². The topological polar surface area (TPSA) is 41.1 Å². The van der Waals surface area contributed by atoms with Crippen LogP contribution in [0.25, 0.3) is 0 Å². The van der Waals surface area contributed by atoms with Gasteiger partial charge in [0.25, 0.3) is 0 Å². The molecule has 2 N–H and O–H groups in total. The van der Waals surface area contributed by atoms with Crippen LogP contribution >= 0.6 is 0 Å². The van der Waals surface area contributed by atoms with Crippen molar-refractivity contribution >= 4 is 5.91 Å². The highest BCUT2D eigenvalue weighted by Gasteiger charge is 2.44. The van der Waals surface area contributed by atoms with Crippen LogP contribution < -0.4 is 10.6 Å². The Morgan fingerprint density at radius 2 is 1.15 bits per heavy atom. The summed E-state index contributed by atoms with van der Waals surface area (Å²) in [5.74, 6) is 0.0960. The maximum atomic E-state index is 13.8. The van der Waals surface area contributed by atoms with Crippen LogP contribution in [0.3, 0.4) is 0 Å². The molecule has 3 nitrogen and oxygen atoms in total. The second kappa shape index (κ2) is 8.26. The first-order valence-corrected chi connectivity index (χ1v) is 10.5. The van der Waals surface area contributed by atoms with Gasteiger partial charge in [-0.1, -0.05) is 86.3 Å². The Balaban J connectivity index is 1.78. The molecule has 2 aromatic carbocycles. The fourth-order valence-electron chi connectivity index (χ4n) is 4.78. The lowest BCUT2D eigenvalue weighted by molar-refractivity contribution is -0.127. The number of carbonyl (C=O) groups excluding carboxylic acids is 1. The molecule has 0 spiro atoms. The number of amides is 1. The summed E-state index contributed by atoms with van der Waals surface area (Å²) >= 11 is 0. The van der Waals surface area contributed by atoms with E-state index in [-0.39, 0.29) is 5.91 Å². The van der Waals surface area contributed by atoms with Crippen LogP contribution in [0.15, 0.2) is 60.7 Å². The first-order chi connectivity index (χ1) is 13.3. The SMILES string of the molecule is O=C(NC1CCCC1)C(NC1CCCC1)(c1ccccc1)c1ccccc1. The van der Waals surface area contributed by atoms with Crippen molar-refractivity contribution in [3.8, 4) is 0 Å². The van der Waals surface area contributed by atoms with Gasteiger partial charge in [0.05, 0.1) is 0 Å². The summed E-state index contributed by atoms with van der Waals surface area (Å²) in [6.07, 6.45) is 9.36. The second-order valence-electron chi connectivity index (χ2n) is 8.06. The van der Waals surface area contributed by atoms with Crippen molar-refractivity contribution in [2.75, 3.05) is 0 Å². The molecule has 0 bridgehead atoms. The van der Waals surface area contributed by atoms with Gasteiger partial charge in [-0.05, 0) is 36.8 Å². The molecular formula is C24H30N2O. The lowest BCUT2D eigenvalue weighted by Gasteiger charge is -2.38. The van der Waals surface area contributed by atoms with Crippen molar-refractivity contribution in [3.63, 3.8) is 0 Å². The molecule has 0 aliphatic heterocycles. The van der Waals surface area contributed by atoms with E-state index in [9.17, 15) is 4.79 Å². The molecule has 0 atom stereocenters. The third-order valence-corrected chi connectivity index (χ3v) is 6.22. The molecule has 27 heavy (non-hydrogen) atoms. The van der Waals surface area contributed by atoms with Gasteiger partial charge in [-0.25, -0.2) is 0 Å². The largest absolute Gasteiger partial charge is 0.351 e. The van der Waals surface area contributed by atoms with Gasteiger partial charge in [0.2, 0.25) is 5.91 Å². The van der Waals surface area contributed by atoms with E-state index in [0.717, 1.165) is 36.8 Å². The zero-order valence-corrected chi connectivity index (χ0v) is 16.0. The Bertz CT molecular complexity index is 692. The molecule has 0 aromatic heterocycles. The number of nitrogens with one attached hydrogen (secondary N) is 2. The first-order valence-electron chi connectivity index (χ1n) is 10.5. The average molecular weight is 363 g/mol. The monoisotopic (exact) mass is 362 g/mol. The summed E-state index contributed by atoms with van der Waals surface area (Å²) in [6, 6.07) is 21.2. The average Bonchev–Trinajstić information content (AvgIpc) is 3.41. The Kier molecular flexibility index (Phi) is 5.58. The number of hydrogen-bond acceptors (Lipinski definition) is 2. The predicted molar refractivity (Wildman–Crippen MR) is 109 cm³/mol. The molecule has 2 aliphatic rings. The lowest BCUT2D eigenvalue weighted by atomic mass is 9.80. The summed E-state index contributed by atoms with van der Waals surface area (Å²) in [5, 5.41) is 7.21. The molecule has 4 rings (SSSR count). The minimum atomic E-state index is -0.833. The molecular weight excluding hydrogens is 332 g/mol. The lowest BCUT2D eigenvalue weighted by Crippen LogP contribution is -2.59. The number of carbonyl (C=O) groups is 1. The summed E-state index contributed by atoms with van der Waals surface area (Å²) in [6.45, 7) is 0. The molecule has 2 aromatic rings. The van der Waals surface area contributed by atoms with Gasteiger partial charge >= 0.3 is 0 Å². The fourth-order valence-corrected chi connectivity index (χ4v) is 4.78. The van der Waals surface area contributed by atoms with Crippen LogP contribution in [0.2, 0.25) is 0 Å². The van der Waals surface area contributed by atoms with Gasteiger partial charge < -0.3 is 5.32 Å². The summed E-state index contributed by atoms with van der Waals surface area (Å²) in [4.78, 5) is 13.8. The van der Waals surface area contributed by atoms with E-state index in [2.05, 4.69) is 34.9 Å². The number of rotatable bonds is 6. The molecule has 142 valence electrons. The van der Waals surface area contributed by atoms with Crippen LogP contribution in [0.4, 0.5) is 0 Å². The first kappa shape index (κ1) is 18.2. The Morgan fingerprint density at radius 1 is 0.704 bits per heavy atom. The predicted octanol–water partition coefficient (Wildman–Crippen LogP) is 4.52. The maximum absolute atomic E-state index is 13.8. The smallest absolute Gasteiger partial charge is 0.249 e. The Morgan fingerprint density at radius 3 is 1.63 bits per heavy atom. The minimum Gasteiger partial charge on any atom is -0.351 e. The standard InChI is InChI=1S/C24H30N2O/c27-23(25-21-15-7-8-16-21)24(19-11-3-1-4-12-19,20-13-5-2-6-14-20)26-22-17-9-10-18-22/h1-6,11-14,21-22,26H,7-10,15-18H2,(H,25,27). The van der Waals surface area contributed by atoms with Crippen molar-refractivity contribution < 1.29 is 4.79 Å². The van der Waals surface area contributed by atoms with Crippen molar-refractivity contribution in [2.24, 2.45) is 0 Å². The van der Waals surface area contributed by atoms with Crippen molar-refractivity contribution in [1.29, 1.82) is 0 Å². The normalized spacial score (nSPS) is 18.7. The van der Waals surface area contributed by atoms with Crippen molar-refractivity contribution in [1.82, 2.24) is 10.6 Å². The van der Waals surface area contributed by atoms with E-state index in [4.69, 9.17) is 0 Å². The molecule has 1 amide bonds. The number of benzene rings is 2. The van der Waals surface area contributed by atoms with Gasteiger partial charge in [-0.3, -0.25) is 10.1 Å². The molecule has 2 aliphatic carbocycles. The summed E-state index contributed by atoms with van der Waals surface area (Å²) in [7, 11) is 0. The molecule has 0 saturated heterocycles. The highest BCUT2D eigenvalue weighted by molar-refractivity contribution is 5.92. The maximum Gasteiger partial charge on any atom is 0.249 e. The van der Waals surface area contributed by atoms with E-state index in [1.807, 2.05) is 36.4 Å².